The monoisotopic (exact) mass is 274 g/mol. The quantitative estimate of drug-likeness (QED) is 0.727. The van der Waals surface area contributed by atoms with E-state index in [1.165, 1.54) is 23.3 Å². The molecular weight excluding hydrogens is 264 g/mol. The topological polar surface area (TPSA) is 64.7 Å². The van der Waals surface area contributed by atoms with Gasteiger partial charge in [0.2, 0.25) is 0 Å². The highest BCUT2D eigenvalue weighted by atomic mass is 32.2. The molecule has 0 fully saturated rings. The van der Waals surface area contributed by atoms with E-state index in [4.69, 9.17) is 5.73 Å². The zero-order chi connectivity index (χ0) is 12.5. The number of benzene rings is 1. The van der Waals surface area contributed by atoms with Gasteiger partial charge in [-0.15, -0.1) is 0 Å². The van der Waals surface area contributed by atoms with Crippen molar-refractivity contribution in [2.24, 2.45) is 0 Å². The molecule has 0 spiro atoms. The minimum absolute atomic E-state index is 0.754. The highest BCUT2D eigenvalue weighted by molar-refractivity contribution is 8.00. The van der Waals surface area contributed by atoms with Crippen molar-refractivity contribution in [2.75, 3.05) is 5.73 Å². The molecule has 2 heterocycles. The van der Waals surface area contributed by atoms with Crippen LogP contribution in [0.1, 0.15) is 5.82 Å². The molecule has 0 saturated heterocycles. The maximum absolute atomic E-state index is 5.74. The number of nitrogen functional groups attached to an aromatic ring is 1. The number of fused-ring (bicyclic) bond motifs is 1. The number of hydrogen-bond acceptors (Lipinski definition) is 6. The third-order valence-electron chi connectivity index (χ3n) is 2.39. The predicted molar refractivity (Wildman–Crippen MR) is 74.9 cm³/mol. The fraction of sp³-hybridized carbons (Fsp3) is 0.0833. The molecule has 18 heavy (non-hydrogen) atoms. The molecule has 3 rings (SSSR count). The zero-order valence-electron chi connectivity index (χ0n) is 9.62. The first kappa shape index (κ1) is 11.4. The van der Waals surface area contributed by atoms with Crippen LogP contribution in [0.4, 0.5) is 5.69 Å². The Kier molecular flexibility index (Phi) is 2.89. The zero-order valence-corrected chi connectivity index (χ0v) is 11.3. The number of nitrogens with two attached hydrogens (primary N) is 1. The predicted octanol–water partition coefficient (Wildman–Crippen LogP) is 3.13. The van der Waals surface area contributed by atoms with Gasteiger partial charge in [0.25, 0.3) is 0 Å². The molecule has 0 atom stereocenters. The summed E-state index contributed by atoms with van der Waals surface area (Å²) in [6.07, 6.45) is 0. The lowest BCUT2D eigenvalue weighted by atomic mass is 10.2. The molecule has 90 valence electrons. The van der Waals surface area contributed by atoms with Gasteiger partial charge in [0.1, 0.15) is 10.9 Å². The number of anilines is 1. The van der Waals surface area contributed by atoms with Gasteiger partial charge in [0.05, 0.1) is 5.52 Å². The molecule has 6 heteroatoms. The Bertz CT molecular complexity index is 708. The van der Waals surface area contributed by atoms with Crippen molar-refractivity contribution in [3.8, 4) is 0 Å². The van der Waals surface area contributed by atoms with Crippen LogP contribution < -0.4 is 5.73 Å². The van der Waals surface area contributed by atoms with Crippen LogP contribution in [0.25, 0.3) is 10.9 Å². The van der Waals surface area contributed by atoms with Gasteiger partial charge >= 0.3 is 0 Å². The van der Waals surface area contributed by atoms with Crippen LogP contribution in [0.3, 0.4) is 0 Å². The minimum atomic E-state index is 0.754. The summed E-state index contributed by atoms with van der Waals surface area (Å²) in [7, 11) is 0. The van der Waals surface area contributed by atoms with Gasteiger partial charge in [0.15, 0.2) is 4.34 Å². The molecule has 0 aliphatic carbocycles. The summed E-state index contributed by atoms with van der Waals surface area (Å²) in [6.45, 7) is 1.89. The van der Waals surface area contributed by atoms with Gasteiger partial charge in [-0.05, 0) is 54.5 Å². The number of aromatic nitrogens is 3. The van der Waals surface area contributed by atoms with Crippen LogP contribution >= 0.6 is 23.3 Å². The van der Waals surface area contributed by atoms with Gasteiger partial charge in [-0.1, -0.05) is 6.07 Å². The first-order valence-corrected chi connectivity index (χ1v) is 6.94. The van der Waals surface area contributed by atoms with Gasteiger partial charge in [-0.3, -0.25) is 0 Å². The third kappa shape index (κ3) is 2.30. The highest BCUT2D eigenvalue weighted by Gasteiger charge is 2.05. The SMILES string of the molecule is Cc1nsc(Sc2ccc3cc(N)ccc3n2)n1. The number of nitrogens with zero attached hydrogens (tertiary/aromatic N) is 3. The number of hydrogen-bond donors (Lipinski definition) is 1. The lowest BCUT2D eigenvalue weighted by Crippen LogP contribution is -1.86. The molecule has 3 aromatic rings. The fourth-order valence-electron chi connectivity index (χ4n) is 1.59. The van der Waals surface area contributed by atoms with Crippen molar-refractivity contribution in [3.63, 3.8) is 0 Å². The molecule has 1 aromatic carbocycles. The van der Waals surface area contributed by atoms with Crippen molar-refractivity contribution < 1.29 is 0 Å². The molecule has 2 aromatic heterocycles. The van der Waals surface area contributed by atoms with Crippen LogP contribution in [-0.2, 0) is 0 Å². The van der Waals surface area contributed by atoms with E-state index in [-0.39, 0.29) is 0 Å². The molecule has 0 unspecified atom stereocenters. The Labute approximate surface area is 112 Å². The Morgan fingerprint density at radius 2 is 2.06 bits per heavy atom. The average molecular weight is 274 g/mol. The second-order valence-corrected chi connectivity index (χ2v) is 5.83. The molecular formula is C12H10N4S2. The smallest absolute Gasteiger partial charge is 0.176 e. The third-order valence-corrected chi connectivity index (χ3v) is 4.17. The van der Waals surface area contributed by atoms with Crippen LogP contribution in [0.2, 0.25) is 0 Å². The molecule has 0 radical (unpaired) electrons. The summed E-state index contributed by atoms with van der Waals surface area (Å²) in [4.78, 5) is 8.88. The first-order chi connectivity index (χ1) is 8.70. The van der Waals surface area contributed by atoms with E-state index in [2.05, 4.69) is 14.3 Å². The Morgan fingerprint density at radius 1 is 1.17 bits per heavy atom. The molecule has 0 aliphatic rings. The van der Waals surface area contributed by atoms with Crippen molar-refractivity contribution in [2.45, 2.75) is 16.3 Å². The van der Waals surface area contributed by atoms with Crippen molar-refractivity contribution >= 4 is 39.9 Å². The van der Waals surface area contributed by atoms with E-state index in [1.807, 2.05) is 37.3 Å². The first-order valence-electron chi connectivity index (χ1n) is 5.35. The molecule has 0 bridgehead atoms. The second-order valence-electron chi connectivity index (χ2n) is 3.81. The standard InChI is InChI=1S/C12H10N4S2/c1-7-14-12(18-16-7)17-11-5-2-8-6-9(13)3-4-10(8)15-11/h2-6H,13H2,1H3. The number of rotatable bonds is 2. The summed E-state index contributed by atoms with van der Waals surface area (Å²) in [6, 6.07) is 9.71. The van der Waals surface area contributed by atoms with E-state index < -0.39 is 0 Å². The summed E-state index contributed by atoms with van der Waals surface area (Å²) in [5.41, 5.74) is 7.43. The largest absolute Gasteiger partial charge is 0.399 e. The molecule has 4 nitrogen and oxygen atoms in total. The van der Waals surface area contributed by atoms with E-state index in [0.717, 1.165) is 31.8 Å². The van der Waals surface area contributed by atoms with Gasteiger partial charge < -0.3 is 5.73 Å². The van der Waals surface area contributed by atoms with Crippen LogP contribution in [0.5, 0.6) is 0 Å². The normalized spacial score (nSPS) is 10.9. The molecule has 0 amide bonds. The van der Waals surface area contributed by atoms with Gasteiger partial charge in [-0.2, -0.15) is 4.37 Å². The summed E-state index contributed by atoms with van der Waals surface area (Å²) >= 11 is 2.92. The van der Waals surface area contributed by atoms with E-state index >= 15 is 0 Å². The molecule has 2 N–H and O–H groups in total. The van der Waals surface area contributed by atoms with Crippen molar-refractivity contribution in [1.82, 2.24) is 14.3 Å². The van der Waals surface area contributed by atoms with Gasteiger partial charge in [-0.25, -0.2) is 9.97 Å². The van der Waals surface area contributed by atoms with E-state index in [0.29, 0.717) is 0 Å². The van der Waals surface area contributed by atoms with E-state index in [1.54, 1.807) is 0 Å². The van der Waals surface area contributed by atoms with Crippen molar-refractivity contribution in [3.05, 3.63) is 36.2 Å². The van der Waals surface area contributed by atoms with Gasteiger partial charge in [0, 0.05) is 11.1 Å². The lowest BCUT2D eigenvalue weighted by Gasteiger charge is -2.01. The summed E-state index contributed by atoms with van der Waals surface area (Å²) in [5, 5.41) is 1.97. The van der Waals surface area contributed by atoms with Crippen LogP contribution in [0, 0.1) is 6.92 Å². The lowest BCUT2D eigenvalue weighted by molar-refractivity contribution is 1.09. The van der Waals surface area contributed by atoms with Crippen molar-refractivity contribution in [1.29, 1.82) is 0 Å². The number of aryl methyl sites for hydroxylation is 1. The fourth-order valence-corrected chi connectivity index (χ4v) is 3.17. The second kappa shape index (κ2) is 4.55. The maximum Gasteiger partial charge on any atom is 0.176 e. The Balaban J connectivity index is 1.96. The number of pyridine rings is 1. The van der Waals surface area contributed by atoms with Crippen LogP contribution in [-0.4, -0.2) is 14.3 Å². The molecule has 0 saturated carbocycles. The van der Waals surface area contributed by atoms with Crippen LogP contribution in [0.15, 0.2) is 39.7 Å². The summed E-state index contributed by atoms with van der Waals surface area (Å²) in [5.74, 6) is 0.802. The average Bonchev–Trinajstić information content (AvgIpc) is 2.75. The minimum Gasteiger partial charge on any atom is -0.399 e. The Hall–Kier alpha value is -1.66. The Morgan fingerprint density at radius 3 is 2.83 bits per heavy atom. The molecule has 0 aliphatic heterocycles. The summed E-state index contributed by atoms with van der Waals surface area (Å²) < 4.78 is 5.06. The highest BCUT2D eigenvalue weighted by Crippen LogP contribution is 2.29. The van der Waals surface area contributed by atoms with E-state index in [9.17, 15) is 0 Å². The maximum atomic E-state index is 5.74.